The molecule has 1 aromatic heterocycles. The summed E-state index contributed by atoms with van der Waals surface area (Å²) in [7, 11) is 3.68. The van der Waals surface area contributed by atoms with Gasteiger partial charge in [0.1, 0.15) is 11.8 Å². The van der Waals surface area contributed by atoms with Crippen LogP contribution in [0.2, 0.25) is 0 Å². The summed E-state index contributed by atoms with van der Waals surface area (Å²) in [4.78, 5) is 15.1. The second-order valence-corrected chi connectivity index (χ2v) is 7.59. The molecule has 0 aliphatic carbocycles. The van der Waals surface area contributed by atoms with Crippen LogP contribution in [0.5, 0.6) is 5.75 Å². The number of likely N-dealkylation sites (tertiary alicyclic amines) is 1. The molecule has 1 unspecified atom stereocenters. The summed E-state index contributed by atoms with van der Waals surface area (Å²) >= 11 is 0. The summed E-state index contributed by atoms with van der Waals surface area (Å²) in [5.41, 5.74) is 3.49. The van der Waals surface area contributed by atoms with Crippen LogP contribution in [0.1, 0.15) is 35.7 Å². The van der Waals surface area contributed by atoms with Gasteiger partial charge >= 0.3 is 0 Å². The third-order valence-corrected chi connectivity index (χ3v) is 5.99. The molecule has 6 heteroatoms. The largest absolute Gasteiger partial charge is 0.496 e. The number of ether oxygens (including phenoxy) is 1. The van der Waals surface area contributed by atoms with Crippen LogP contribution in [0.25, 0.3) is 0 Å². The monoisotopic (exact) mass is 368 g/mol. The van der Waals surface area contributed by atoms with Crippen molar-refractivity contribution in [3.05, 3.63) is 47.3 Å². The van der Waals surface area contributed by atoms with Crippen molar-refractivity contribution in [3.63, 3.8) is 0 Å². The van der Waals surface area contributed by atoms with Crippen LogP contribution in [0.4, 0.5) is 0 Å². The Morgan fingerprint density at radius 1 is 1.30 bits per heavy atom. The Morgan fingerprint density at radius 2 is 2.07 bits per heavy atom. The van der Waals surface area contributed by atoms with Crippen LogP contribution in [0.3, 0.4) is 0 Å². The summed E-state index contributed by atoms with van der Waals surface area (Å²) in [6.45, 7) is 2.48. The van der Waals surface area contributed by atoms with E-state index in [0.29, 0.717) is 5.92 Å². The zero-order valence-corrected chi connectivity index (χ0v) is 16.1. The van der Waals surface area contributed by atoms with Crippen LogP contribution in [-0.4, -0.2) is 47.3 Å². The number of methoxy groups -OCH3 is 1. The predicted octanol–water partition coefficient (Wildman–Crippen LogP) is 2.10. The smallest absolute Gasteiger partial charge is 0.244 e. The van der Waals surface area contributed by atoms with Crippen molar-refractivity contribution in [2.75, 3.05) is 26.7 Å². The van der Waals surface area contributed by atoms with Gasteiger partial charge < -0.3 is 15.0 Å². The number of hydrogen-bond donors (Lipinski definition) is 1. The van der Waals surface area contributed by atoms with E-state index in [-0.39, 0.29) is 11.9 Å². The second kappa shape index (κ2) is 7.72. The first-order valence-electron chi connectivity index (χ1n) is 9.82. The quantitative estimate of drug-likeness (QED) is 0.898. The minimum atomic E-state index is -0.242. The fourth-order valence-electron chi connectivity index (χ4n) is 4.41. The number of rotatable bonds is 4. The highest BCUT2D eigenvalue weighted by atomic mass is 16.5. The van der Waals surface area contributed by atoms with Crippen molar-refractivity contribution in [2.24, 2.45) is 13.0 Å². The molecule has 1 atom stereocenters. The number of hydrogen-bond acceptors (Lipinski definition) is 4. The summed E-state index contributed by atoms with van der Waals surface area (Å²) < 4.78 is 7.38. The molecular weight excluding hydrogens is 340 g/mol. The van der Waals surface area contributed by atoms with Gasteiger partial charge in [0, 0.05) is 44.4 Å². The number of carbonyl (C=O) groups is 1. The maximum atomic E-state index is 13.1. The number of para-hydroxylation sites is 1. The highest BCUT2D eigenvalue weighted by Gasteiger charge is 2.33. The van der Waals surface area contributed by atoms with Crippen LogP contribution in [-0.2, 0) is 24.7 Å². The number of aromatic nitrogens is 2. The van der Waals surface area contributed by atoms with Crippen molar-refractivity contribution in [3.8, 4) is 5.75 Å². The van der Waals surface area contributed by atoms with Gasteiger partial charge in [-0.25, -0.2) is 0 Å². The first-order chi connectivity index (χ1) is 13.2. The minimum absolute atomic E-state index is 0.194. The Bertz CT molecular complexity index is 808. The van der Waals surface area contributed by atoms with Gasteiger partial charge in [-0.05, 0) is 36.8 Å². The molecule has 0 radical (unpaired) electrons. The Kier molecular flexibility index (Phi) is 5.16. The lowest BCUT2D eigenvalue weighted by Gasteiger charge is -2.35. The Balaban J connectivity index is 1.37. The van der Waals surface area contributed by atoms with Gasteiger partial charge in [0.2, 0.25) is 5.91 Å². The number of nitrogens with zero attached hydrogens (tertiary/aromatic N) is 3. The molecule has 0 spiro atoms. The lowest BCUT2D eigenvalue weighted by molar-refractivity contribution is -0.135. The minimum Gasteiger partial charge on any atom is -0.496 e. The molecule has 1 N–H and O–H groups in total. The average molecular weight is 368 g/mol. The second-order valence-electron chi connectivity index (χ2n) is 7.59. The van der Waals surface area contributed by atoms with Crippen LogP contribution in [0, 0.1) is 5.92 Å². The van der Waals surface area contributed by atoms with E-state index in [1.165, 1.54) is 11.3 Å². The van der Waals surface area contributed by atoms with Crippen molar-refractivity contribution in [1.29, 1.82) is 0 Å². The van der Waals surface area contributed by atoms with Gasteiger partial charge in [0.05, 0.1) is 13.3 Å². The number of fused-ring (bicyclic) bond motifs is 1. The number of aryl methyl sites for hydroxylation is 1. The molecule has 0 bridgehead atoms. The van der Waals surface area contributed by atoms with Crippen molar-refractivity contribution in [2.45, 2.75) is 31.7 Å². The van der Waals surface area contributed by atoms with Gasteiger partial charge in [-0.2, -0.15) is 5.10 Å². The van der Waals surface area contributed by atoms with E-state index in [4.69, 9.17) is 4.74 Å². The van der Waals surface area contributed by atoms with Crippen LogP contribution in [0.15, 0.2) is 30.5 Å². The fourth-order valence-corrected chi connectivity index (χ4v) is 4.41. The van der Waals surface area contributed by atoms with Crippen molar-refractivity contribution >= 4 is 5.91 Å². The maximum Gasteiger partial charge on any atom is 0.244 e. The van der Waals surface area contributed by atoms with Crippen LogP contribution < -0.4 is 10.1 Å². The molecule has 1 fully saturated rings. The molecule has 1 aromatic carbocycles. The number of piperidine rings is 1. The Labute approximate surface area is 160 Å². The van der Waals surface area contributed by atoms with Gasteiger partial charge in [0.15, 0.2) is 0 Å². The molecule has 27 heavy (non-hydrogen) atoms. The molecule has 0 saturated carbocycles. The topological polar surface area (TPSA) is 59.4 Å². The van der Waals surface area contributed by atoms with Gasteiger partial charge in [-0.15, -0.1) is 0 Å². The van der Waals surface area contributed by atoms with E-state index in [9.17, 15) is 4.79 Å². The van der Waals surface area contributed by atoms with E-state index in [2.05, 4.69) is 22.5 Å². The molecule has 6 nitrogen and oxygen atoms in total. The maximum absolute atomic E-state index is 13.1. The summed E-state index contributed by atoms with van der Waals surface area (Å²) in [5, 5.41) is 7.74. The van der Waals surface area contributed by atoms with E-state index >= 15 is 0 Å². The molecule has 2 aromatic rings. The van der Waals surface area contributed by atoms with E-state index < -0.39 is 0 Å². The summed E-state index contributed by atoms with van der Waals surface area (Å²) in [6, 6.07) is 8.00. The third kappa shape index (κ3) is 3.58. The summed E-state index contributed by atoms with van der Waals surface area (Å²) in [5.74, 6) is 1.75. The standard InChI is InChI=1S/C21H28N4O2/c1-24-18-7-10-22-20(17(18)14-23-24)21(26)25-11-8-15(9-12-25)13-16-5-3-4-6-19(16)27-2/h3-6,14-15,20,22H,7-13H2,1-2H3. The molecule has 2 aliphatic heterocycles. The van der Waals surface area contributed by atoms with Gasteiger partial charge in [-0.3, -0.25) is 9.48 Å². The Morgan fingerprint density at radius 3 is 2.85 bits per heavy atom. The zero-order valence-electron chi connectivity index (χ0n) is 16.1. The normalized spacial score (nSPS) is 20.4. The average Bonchev–Trinajstić information content (AvgIpc) is 3.10. The number of benzene rings is 1. The highest BCUT2D eigenvalue weighted by molar-refractivity contribution is 5.84. The first-order valence-corrected chi connectivity index (χ1v) is 9.82. The SMILES string of the molecule is COc1ccccc1CC1CCN(C(=O)C2NCCc3c2cnn3C)CC1. The lowest BCUT2D eigenvalue weighted by atomic mass is 9.89. The summed E-state index contributed by atoms with van der Waals surface area (Å²) in [6.07, 6.45) is 5.86. The number of amides is 1. The molecule has 144 valence electrons. The predicted molar refractivity (Wildman–Crippen MR) is 104 cm³/mol. The fraction of sp³-hybridized carbons (Fsp3) is 0.524. The Hall–Kier alpha value is -2.34. The van der Waals surface area contributed by atoms with Crippen molar-refractivity contribution < 1.29 is 9.53 Å². The highest BCUT2D eigenvalue weighted by Crippen LogP contribution is 2.29. The molecular formula is C21H28N4O2. The molecule has 3 heterocycles. The molecule has 1 amide bonds. The number of nitrogens with one attached hydrogen (secondary N) is 1. The van der Waals surface area contributed by atoms with E-state index in [0.717, 1.165) is 56.6 Å². The zero-order chi connectivity index (χ0) is 18.8. The lowest BCUT2D eigenvalue weighted by Crippen LogP contribution is -2.46. The van der Waals surface area contributed by atoms with Crippen LogP contribution >= 0.6 is 0 Å². The molecule has 4 rings (SSSR count). The van der Waals surface area contributed by atoms with E-state index in [1.807, 2.05) is 35.0 Å². The number of carbonyl (C=O) groups excluding carboxylic acids is 1. The first kappa shape index (κ1) is 18.0. The molecule has 2 aliphatic rings. The van der Waals surface area contributed by atoms with Crippen molar-refractivity contribution in [1.82, 2.24) is 20.0 Å². The van der Waals surface area contributed by atoms with Gasteiger partial charge in [-0.1, -0.05) is 18.2 Å². The van der Waals surface area contributed by atoms with Gasteiger partial charge in [0.25, 0.3) is 0 Å². The third-order valence-electron chi connectivity index (χ3n) is 5.99. The van der Waals surface area contributed by atoms with E-state index in [1.54, 1.807) is 7.11 Å². The molecule has 1 saturated heterocycles.